The molecular formula is C14H13N3O4. The summed E-state index contributed by atoms with van der Waals surface area (Å²) >= 11 is 0. The van der Waals surface area contributed by atoms with Crippen LogP contribution in [0.3, 0.4) is 0 Å². The van der Waals surface area contributed by atoms with Gasteiger partial charge >= 0.3 is 0 Å². The highest BCUT2D eigenvalue weighted by atomic mass is 16.6. The van der Waals surface area contributed by atoms with Crippen LogP contribution >= 0.6 is 0 Å². The van der Waals surface area contributed by atoms with Gasteiger partial charge in [-0.15, -0.1) is 5.11 Å². The van der Waals surface area contributed by atoms with Crippen LogP contribution in [0.1, 0.15) is 0 Å². The molecule has 0 fully saturated rings. The number of hydrogen-bond acceptors (Lipinski definition) is 6. The second kappa shape index (κ2) is 6.47. The van der Waals surface area contributed by atoms with Gasteiger partial charge < -0.3 is 9.47 Å². The summed E-state index contributed by atoms with van der Waals surface area (Å²) in [5.41, 5.74) is 0.957. The highest BCUT2D eigenvalue weighted by molar-refractivity contribution is 5.62. The second-order valence-corrected chi connectivity index (χ2v) is 3.98. The molecule has 0 atom stereocenters. The molecule has 0 unspecified atom stereocenters. The van der Waals surface area contributed by atoms with E-state index in [1.807, 2.05) is 0 Å². The zero-order valence-corrected chi connectivity index (χ0v) is 11.5. The molecular weight excluding hydrogens is 274 g/mol. The Morgan fingerprint density at radius 3 is 2.00 bits per heavy atom. The van der Waals surface area contributed by atoms with Crippen LogP contribution in [0, 0.1) is 10.1 Å². The maximum atomic E-state index is 10.6. The summed E-state index contributed by atoms with van der Waals surface area (Å²) in [6.07, 6.45) is 0. The molecule has 0 aliphatic rings. The SMILES string of the molecule is COc1cccc(OC)c1N=Nc1ccc([N+](=O)[O-])cc1. The van der Waals surface area contributed by atoms with Crippen molar-refractivity contribution < 1.29 is 14.4 Å². The standard InChI is InChI=1S/C14H13N3O4/c1-20-12-4-3-5-13(21-2)14(12)16-15-10-6-8-11(9-7-10)17(18)19/h3-9H,1-2H3. The molecule has 2 aromatic carbocycles. The van der Waals surface area contributed by atoms with Gasteiger partial charge in [0.2, 0.25) is 0 Å². The van der Waals surface area contributed by atoms with E-state index < -0.39 is 4.92 Å². The third kappa shape index (κ3) is 3.33. The predicted octanol–water partition coefficient (Wildman–Crippen LogP) is 4.03. The number of azo groups is 1. The van der Waals surface area contributed by atoms with Gasteiger partial charge in [0.1, 0.15) is 11.5 Å². The van der Waals surface area contributed by atoms with Crippen molar-refractivity contribution in [3.8, 4) is 11.5 Å². The number of nitro benzene ring substituents is 1. The van der Waals surface area contributed by atoms with Gasteiger partial charge in [-0.3, -0.25) is 10.1 Å². The Balaban J connectivity index is 2.30. The fourth-order valence-corrected chi connectivity index (χ4v) is 1.68. The first-order valence-corrected chi connectivity index (χ1v) is 6.03. The Bertz CT molecular complexity index is 646. The van der Waals surface area contributed by atoms with Crippen LogP contribution in [0.5, 0.6) is 11.5 Å². The second-order valence-electron chi connectivity index (χ2n) is 3.98. The van der Waals surface area contributed by atoms with E-state index >= 15 is 0 Å². The molecule has 0 saturated carbocycles. The van der Waals surface area contributed by atoms with Crippen molar-refractivity contribution in [2.75, 3.05) is 14.2 Å². The molecule has 0 aliphatic heterocycles. The molecule has 2 aromatic rings. The molecule has 0 N–H and O–H groups in total. The van der Waals surface area contributed by atoms with Crippen molar-refractivity contribution in [3.05, 3.63) is 52.6 Å². The van der Waals surface area contributed by atoms with E-state index in [2.05, 4.69) is 10.2 Å². The Labute approximate surface area is 121 Å². The van der Waals surface area contributed by atoms with E-state index in [9.17, 15) is 10.1 Å². The largest absolute Gasteiger partial charge is 0.494 e. The number of methoxy groups -OCH3 is 2. The van der Waals surface area contributed by atoms with Crippen molar-refractivity contribution in [2.45, 2.75) is 0 Å². The van der Waals surface area contributed by atoms with E-state index in [1.54, 1.807) is 18.2 Å². The van der Waals surface area contributed by atoms with Crippen LogP contribution in [0.4, 0.5) is 17.1 Å². The number of non-ortho nitro benzene ring substituents is 1. The highest BCUT2D eigenvalue weighted by Crippen LogP contribution is 2.38. The average Bonchev–Trinajstić information content (AvgIpc) is 2.52. The van der Waals surface area contributed by atoms with Gasteiger partial charge in [0, 0.05) is 12.1 Å². The first-order valence-electron chi connectivity index (χ1n) is 6.03. The van der Waals surface area contributed by atoms with Gasteiger partial charge in [-0.1, -0.05) is 6.07 Å². The maximum Gasteiger partial charge on any atom is 0.269 e. The minimum atomic E-state index is -0.468. The van der Waals surface area contributed by atoms with E-state index in [4.69, 9.17) is 9.47 Å². The summed E-state index contributed by atoms with van der Waals surface area (Å²) in [6.45, 7) is 0. The van der Waals surface area contributed by atoms with Crippen molar-refractivity contribution in [1.29, 1.82) is 0 Å². The Hall–Kier alpha value is -2.96. The van der Waals surface area contributed by atoms with Gasteiger partial charge in [-0.2, -0.15) is 5.11 Å². The monoisotopic (exact) mass is 287 g/mol. The van der Waals surface area contributed by atoms with Crippen LogP contribution in [0.15, 0.2) is 52.7 Å². The summed E-state index contributed by atoms with van der Waals surface area (Å²) in [7, 11) is 3.05. The minimum absolute atomic E-state index is 0.00354. The maximum absolute atomic E-state index is 10.6. The lowest BCUT2D eigenvalue weighted by atomic mass is 10.2. The molecule has 0 heterocycles. The molecule has 0 aliphatic carbocycles. The lowest BCUT2D eigenvalue weighted by Crippen LogP contribution is -1.88. The molecule has 0 radical (unpaired) electrons. The number of ether oxygens (including phenoxy) is 2. The summed E-state index contributed by atoms with van der Waals surface area (Å²) in [5, 5.41) is 18.7. The first-order chi connectivity index (χ1) is 10.2. The van der Waals surface area contributed by atoms with E-state index in [0.717, 1.165) is 0 Å². The molecule has 0 aromatic heterocycles. The number of hydrogen-bond donors (Lipinski definition) is 0. The third-order valence-corrected chi connectivity index (χ3v) is 2.73. The molecule has 0 bridgehead atoms. The highest BCUT2D eigenvalue weighted by Gasteiger charge is 2.09. The van der Waals surface area contributed by atoms with Crippen LogP contribution in [-0.4, -0.2) is 19.1 Å². The van der Waals surface area contributed by atoms with Crippen LogP contribution < -0.4 is 9.47 Å². The molecule has 0 amide bonds. The molecule has 2 rings (SSSR count). The third-order valence-electron chi connectivity index (χ3n) is 2.73. The lowest BCUT2D eigenvalue weighted by molar-refractivity contribution is -0.384. The predicted molar refractivity (Wildman–Crippen MR) is 76.8 cm³/mol. The van der Waals surface area contributed by atoms with Gasteiger partial charge in [0.25, 0.3) is 5.69 Å². The molecule has 0 saturated heterocycles. The zero-order valence-electron chi connectivity index (χ0n) is 11.5. The number of nitro groups is 1. The number of rotatable bonds is 5. The van der Waals surface area contributed by atoms with Gasteiger partial charge in [-0.25, -0.2) is 0 Å². The van der Waals surface area contributed by atoms with Gasteiger partial charge in [-0.05, 0) is 24.3 Å². The number of nitrogens with zero attached hydrogens (tertiary/aromatic N) is 3. The Morgan fingerprint density at radius 1 is 0.952 bits per heavy atom. The van der Waals surface area contributed by atoms with Crippen molar-refractivity contribution in [2.24, 2.45) is 10.2 Å². The van der Waals surface area contributed by atoms with E-state index in [1.165, 1.54) is 38.5 Å². The average molecular weight is 287 g/mol. The van der Waals surface area contributed by atoms with Crippen LogP contribution in [-0.2, 0) is 0 Å². The lowest BCUT2D eigenvalue weighted by Gasteiger charge is -2.07. The van der Waals surface area contributed by atoms with Crippen molar-refractivity contribution in [3.63, 3.8) is 0 Å². The summed E-state index contributed by atoms with van der Waals surface area (Å²) < 4.78 is 10.4. The van der Waals surface area contributed by atoms with E-state index in [-0.39, 0.29) is 5.69 Å². The molecule has 7 nitrogen and oxygen atoms in total. The number of benzene rings is 2. The van der Waals surface area contributed by atoms with Gasteiger partial charge in [0.15, 0.2) is 5.69 Å². The zero-order chi connectivity index (χ0) is 15.2. The minimum Gasteiger partial charge on any atom is -0.494 e. The smallest absolute Gasteiger partial charge is 0.269 e. The van der Waals surface area contributed by atoms with Crippen molar-refractivity contribution in [1.82, 2.24) is 0 Å². The molecule has 108 valence electrons. The molecule has 21 heavy (non-hydrogen) atoms. The molecule has 0 spiro atoms. The van der Waals surface area contributed by atoms with E-state index in [0.29, 0.717) is 22.9 Å². The van der Waals surface area contributed by atoms with Gasteiger partial charge in [0.05, 0.1) is 24.8 Å². The van der Waals surface area contributed by atoms with Crippen LogP contribution in [0.25, 0.3) is 0 Å². The van der Waals surface area contributed by atoms with Crippen LogP contribution in [0.2, 0.25) is 0 Å². The topological polar surface area (TPSA) is 86.3 Å². The fraction of sp³-hybridized carbons (Fsp3) is 0.143. The normalized spacial score (nSPS) is 10.6. The summed E-state index contributed by atoms with van der Waals surface area (Å²) in [5.74, 6) is 1.06. The Kier molecular flexibility index (Phi) is 4.45. The Morgan fingerprint density at radius 2 is 1.52 bits per heavy atom. The summed E-state index contributed by atoms with van der Waals surface area (Å²) in [6, 6.07) is 11.0. The first kappa shape index (κ1) is 14.4. The summed E-state index contributed by atoms with van der Waals surface area (Å²) in [4.78, 5) is 10.1. The fourth-order valence-electron chi connectivity index (χ4n) is 1.68. The van der Waals surface area contributed by atoms with Crippen molar-refractivity contribution >= 4 is 17.1 Å². The molecule has 7 heteroatoms. The quantitative estimate of drug-likeness (QED) is 0.472.